The first kappa shape index (κ1) is 29.5. The number of hydrogen-bond acceptors (Lipinski definition) is 9. The molecule has 3 amide bonds. The van der Waals surface area contributed by atoms with E-state index in [1.54, 1.807) is 4.90 Å². The second-order valence-corrected chi connectivity index (χ2v) is 11.7. The number of alkyl halides is 2. The van der Waals surface area contributed by atoms with Crippen molar-refractivity contribution >= 4 is 17.7 Å². The third kappa shape index (κ3) is 6.41. The minimum atomic E-state index is -2.70. The Morgan fingerprint density at radius 3 is 2.55 bits per heavy atom. The molecule has 0 aromatic rings. The van der Waals surface area contributed by atoms with Gasteiger partial charge in [0.05, 0.1) is 31.3 Å². The molecule has 0 radical (unpaired) electrons. The molecular weight excluding hydrogens is 534 g/mol. The maximum atomic E-state index is 13.9. The lowest BCUT2D eigenvalue weighted by Gasteiger charge is -2.41. The molecule has 5 aliphatic rings. The topological polar surface area (TPSA) is 141 Å². The summed E-state index contributed by atoms with van der Waals surface area (Å²) in [4.78, 5) is 44.8. The van der Waals surface area contributed by atoms with E-state index in [9.17, 15) is 33.4 Å². The molecule has 0 spiro atoms. The first-order valence-corrected chi connectivity index (χ1v) is 14.2. The van der Waals surface area contributed by atoms with Crippen LogP contribution in [0.3, 0.4) is 0 Å². The van der Waals surface area contributed by atoms with Crippen LogP contribution in [0.5, 0.6) is 0 Å². The number of amides is 3. The van der Waals surface area contributed by atoms with Crippen molar-refractivity contribution in [2.45, 2.75) is 93.1 Å². The predicted molar refractivity (Wildman–Crippen MR) is 134 cm³/mol. The Morgan fingerprint density at radius 1 is 1.10 bits per heavy atom. The zero-order chi connectivity index (χ0) is 28.6. The fourth-order valence-corrected chi connectivity index (χ4v) is 6.78. The van der Waals surface area contributed by atoms with Crippen molar-refractivity contribution < 1.29 is 47.6 Å². The summed E-state index contributed by atoms with van der Waals surface area (Å²) < 4.78 is 44.6. The Kier molecular flexibility index (Phi) is 8.93. The fraction of sp³-hybridized carbons (Fsp3) is 0.885. The Morgan fingerprint density at radius 2 is 1.82 bits per heavy atom. The van der Waals surface area contributed by atoms with Crippen LogP contribution in [0.25, 0.3) is 0 Å². The molecule has 0 unspecified atom stereocenters. The first-order valence-electron chi connectivity index (χ1n) is 14.2. The highest BCUT2D eigenvalue weighted by molar-refractivity contribution is 5.83. The molecule has 1 saturated carbocycles. The number of carbonyl (C=O) groups excluding carboxylic acids is 3. The summed E-state index contributed by atoms with van der Waals surface area (Å²) in [5.41, 5.74) is 0. The van der Waals surface area contributed by atoms with Crippen LogP contribution >= 0.6 is 0 Å². The molecule has 12 nitrogen and oxygen atoms in total. The molecule has 7 atom stereocenters. The summed E-state index contributed by atoms with van der Waals surface area (Å²) in [6, 6.07) is -1.16. The van der Waals surface area contributed by atoms with Gasteiger partial charge in [-0.25, -0.2) is 8.78 Å². The third-order valence-electron chi connectivity index (χ3n) is 8.89. The summed E-state index contributed by atoms with van der Waals surface area (Å²) in [6.45, 7) is 1.01. The van der Waals surface area contributed by atoms with Crippen molar-refractivity contribution in [1.29, 1.82) is 0 Å². The van der Waals surface area contributed by atoms with E-state index in [1.165, 1.54) is 12.0 Å². The third-order valence-corrected chi connectivity index (χ3v) is 8.89. The van der Waals surface area contributed by atoms with Crippen molar-refractivity contribution in [1.82, 2.24) is 20.0 Å². The number of hydrogen-bond donors (Lipinski definition) is 3. The van der Waals surface area contributed by atoms with E-state index in [2.05, 4.69) is 5.32 Å². The second kappa shape index (κ2) is 12.1. The number of methoxy groups -OCH3 is 1. The minimum absolute atomic E-state index is 0.0578. The molecule has 0 aromatic heterocycles. The average Bonchev–Trinajstić information content (AvgIpc) is 3.44. The number of rotatable bonds is 3. The molecule has 40 heavy (non-hydrogen) atoms. The van der Waals surface area contributed by atoms with Gasteiger partial charge in [-0.3, -0.25) is 19.3 Å². The number of fused-ring (bicyclic) bond motifs is 6. The van der Waals surface area contributed by atoms with Crippen LogP contribution in [0.4, 0.5) is 8.78 Å². The maximum Gasteiger partial charge on any atom is 0.248 e. The first-order chi connectivity index (χ1) is 19.0. The zero-order valence-corrected chi connectivity index (χ0v) is 22.8. The number of nitrogens with one attached hydrogen (secondary N) is 1. The normalized spacial score (nSPS) is 38.0. The van der Waals surface area contributed by atoms with Crippen LogP contribution < -0.4 is 5.32 Å². The van der Waals surface area contributed by atoms with Gasteiger partial charge in [-0.05, 0) is 19.3 Å². The molecule has 226 valence electrons. The van der Waals surface area contributed by atoms with Crippen molar-refractivity contribution in [2.75, 3.05) is 53.0 Å². The molecule has 4 aliphatic heterocycles. The van der Waals surface area contributed by atoms with Crippen LogP contribution in [0.1, 0.15) is 38.5 Å². The molecule has 5 fully saturated rings. The van der Waals surface area contributed by atoms with Gasteiger partial charge in [-0.15, -0.1) is 0 Å². The van der Waals surface area contributed by atoms with Gasteiger partial charge < -0.3 is 39.5 Å². The summed E-state index contributed by atoms with van der Waals surface area (Å²) >= 11 is 0. The molecule has 0 aromatic carbocycles. The van der Waals surface area contributed by atoms with E-state index in [0.717, 1.165) is 0 Å². The van der Waals surface area contributed by atoms with Crippen LogP contribution in [0, 0.1) is 0 Å². The van der Waals surface area contributed by atoms with E-state index in [1.807, 2.05) is 4.90 Å². The van der Waals surface area contributed by atoms with Crippen LogP contribution in [0.2, 0.25) is 0 Å². The van der Waals surface area contributed by atoms with Crippen LogP contribution in [-0.4, -0.2) is 150 Å². The number of ether oxygens (including phenoxy) is 3. The molecule has 1 aliphatic carbocycles. The lowest BCUT2D eigenvalue weighted by atomic mass is 9.90. The van der Waals surface area contributed by atoms with E-state index in [4.69, 9.17) is 14.2 Å². The molecule has 5 rings (SSSR count). The largest absolute Gasteiger partial charge is 0.388 e. The Hall–Kier alpha value is -1.97. The van der Waals surface area contributed by atoms with E-state index < -0.39 is 48.4 Å². The number of carbonyl (C=O) groups is 3. The summed E-state index contributed by atoms with van der Waals surface area (Å²) in [7, 11) is 1.39. The number of halogens is 2. The van der Waals surface area contributed by atoms with Crippen LogP contribution in [-0.2, 0) is 28.6 Å². The molecule has 3 N–H and O–H groups in total. The van der Waals surface area contributed by atoms with E-state index in [0.29, 0.717) is 19.5 Å². The monoisotopic (exact) mass is 574 g/mol. The zero-order valence-electron chi connectivity index (χ0n) is 22.8. The molecule has 4 heterocycles. The summed E-state index contributed by atoms with van der Waals surface area (Å²) in [6.07, 6.45) is -4.90. The van der Waals surface area contributed by atoms with Gasteiger partial charge in [0.1, 0.15) is 24.9 Å². The summed E-state index contributed by atoms with van der Waals surface area (Å²) in [5.74, 6) is -3.63. The summed E-state index contributed by atoms with van der Waals surface area (Å²) in [5, 5.41) is 24.2. The van der Waals surface area contributed by atoms with Gasteiger partial charge in [-0.2, -0.15) is 0 Å². The highest BCUT2D eigenvalue weighted by atomic mass is 19.3. The van der Waals surface area contributed by atoms with Crippen molar-refractivity contribution in [3.05, 3.63) is 0 Å². The van der Waals surface area contributed by atoms with Crippen LogP contribution in [0.15, 0.2) is 0 Å². The Labute approximate surface area is 231 Å². The van der Waals surface area contributed by atoms with Gasteiger partial charge in [-0.1, -0.05) is 0 Å². The lowest BCUT2D eigenvalue weighted by molar-refractivity contribution is -0.149. The highest BCUT2D eigenvalue weighted by Gasteiger charge is 2.48. The Balaban J connectivity index is 1.40. The SMILES string of the molecule is COCC(=O)N1C[C@@H]2CN(CCO2)C(=O)[C@@H]2C[C@@H](CN2C2CCC(F)(F)CC2)NC(=O)C[C@@H]2O[C@H](C1)[C@@H](O)[C@H]2O. The maximum absolute atomic E-state index is 13.9. The minimum Gasteiger partial charge on any atom is -0.388 e. The fourth-order valence-electron chi connectivity index (χ4n) is 6.78. The smallest absolute Gasteiger partial charge is 0.248 e. The standard InChI is InChI=1S/C26H40F2N4O8/c1-38-14-22(34)31-12-17-11-30(6-7-39-17)25(37)18-8-15(10-32(18)16-2-4-26(27,28)5-3-16)29-21(33)9-19-23(35)24(36)20(13-31)40-19/h15-20,23-24,35-36H,2-14H2,1H3,(H,29,33)/t15-,17-,18-,19-,20+,23-,24+/m0/s1. The highest BCUT2D eigenvalue weighted by Crippen LogP contribution is 2.38. The average molecular weight is 575 g/mol. The van der Waals surface area contributed by atoms with Crippen molar-refractivity contribution in [3.63, 3.8) is 0 Å². The molecule has 4 saturated heterocycles. The van der Waals surface area contributed by atoms with Gasteiger partial charge in [0.2, 0.25) is 23.6 Å². The molecular formula is C26H40F2N4O8. The van der Waals surface area contributed by atoms with Gasteiger partial charge in [0, 0.05) is 64.8 Å². The molecule has 14 heteroatoms. The predicted octanol–water partition coefficient (Wildman–Crippen LogP) is -1.28. The van der Waals surface area contributed by atoms with E-state index >= 15 is 0 Å². The lowest BCUT2D eigenvalue weighted by Crippen LogP contribution is -2.56. The van der Waals surface area contributed by atoms with Gasteiger partial charge in [0.25, 0.3) is 0 Å². The number of likely N-dealkylation sites (tertiary alicyclic amines) is 1. The number of aliphatic hydroxyl groups excluding tert-OH is 2. The van der Waals surface area contributed by atoms with Gasteiger partial charge >= 0.3 is 0 Å². The van der Waals surface area contributed by atoms with Crippen molar-refractivity contribution in [2.24, 2.45) is 0 Å². The number of morpholine rings is 1. The van der Waals surface area contributed by atoms with Gasteiger partial charge in [0.15, 0.2) is 0 Å². The van der Waals surface area contributed by atoms with E-state index in [-0.39, 0.29) is 88.9 Å². The number of nitrogens with zero attached hydrogens (tertiary/aromatic N) is 3. The Bertz CT molecular complexity index is 950. The number of aliphatic hydroxyl groups is 2. The second-order valence-electron chi connectivity index (χ2n) is 11.7. The van der Waals surface area contributed by atoms with Crippen molar-refractivity contribution in [3.8, 4) is 0 Å². The quantitative estimate of drug-likeness (QED) is 0.376. The molecule has 6 bridgehead atoms.